The van der Waals surface area contributed by atoms with Gasteiger partial charge in [0.15, 0.2) is 0 Å². The van der Waals surface area contributed by atoms with Crippen LogP contribution in [0.5, 0.6) is 0 Å². The van der Waals surface area contributed by atoms with Crippen molar-refractivity contribution in [3.8, 4) is 11.1 Å². The van der Waals surface area contributed by atoms with Crippen LogP contribution in [0.1, 0.15) is 45.1 Å². The number of carboxylic acids is 1. The van der Waals surface area contributed by atoms with Crippen molar-refractivity contribution in [3.63, 3.8) is 0 Å². The van der Waals surface area contributed by atoms with Gasteiger partial charge in [-0.25, -0.2) is 4.79 Å². The maximum absolute atomic E-state index is 11.2. The second kappa shape index (κ2) is 10.0. The predicted molar refractivity (Wildman–Crippen MR) is 116 cm³/mol. The molecule has 0 aliphatic heterocycles. The lowest BCUT2D eigenvalue weighted by molar-refractivity contribution is 0.0697. The molecule has 150 valence electrons. The summed E-state index contributed by atoms with van der Waals surface area (Å²) >= 11 is 0. The van der Waals surface area contributed by atoms with Gasteiger partial charge in [0.2, 0.25) is 0 Å². The first kappa shape index (κ1) is 15.9. The highest BCUT2D eigenvalue weighted by atomic mass is 16.4. The van der Waals surface area contributed by atoms with Gasteiger partial charge in [0.05, 0.1) is 17.2 Å². The monoisotopic (exact) mass is 393 g/mol. The maximum Gasteiger partial charge on any atom is 0.335 e. The Morgan fingerprint density at radius 2 is 1.90 bits per heavy atom. The summed E-state index contributed by atoms with van der Waals surface area (Å²) in [5, 5.41) is 22.8. The number of rotatable bonds is 9. The van der Waals surface area contributed by atoms with Crippen molar-refractivity contribution in [2.24, 2.45) is 0 Å². The minimum atomic E-state index is -1.10. The Labute approximate surface area is 177 Å². The van der Waals surface area contributed by atoms with Crippen molar-refractivity contribution in [3.05, 3.63) is 95.0 Å². The molecule has 4 heteroatoms. The van der Waals surface area contributed by atoms with E-state index in [1.807, 2.05) is 30.3 Å². The molecule has 3 N–H and O–H groups in total. The smallest absolute Gasteiger partial charge is 0.335 e. The van der Waals surface area contributed by atoms with Gasteiger partial charge < -0.3 is 15.5 Å². The largest absolute Gasteiger partial charge is 0.478 e. The Kier molecular flexibility index (Phi) is 5.49. The van der Waals surface area contributed by atoms with Crippen molar-refractivity contribution >= 4 is 5.97 Å². The summed E-state index contributed by atoms with van der Waals surface area (Å²) in [7, 11) is 0. The number of nitrogens with one attached hydrogen (secondary N) is 1. The fourth-order valence-corrected chi connectivity index (χ4v) is 3.12. The fraction of sp³-hybridized carbons (Fsp3) is 0.240. The second-order valence-corrected chi connectivity index (χ2v) is 6.95. The van der Waals surface area contributed by atoms with Gasteiger partial charge in [-0.05, 0) is 60.7 Å². The quantitative estimate of drug-likeness (QED) is 0.464. The molecule has 4 nitrogen and oxygen atoms in total. The minimum Gasteiger partial charge on any atom is -0.478 e. The van der Waals surface area contributed by atoms with Crippen LogP contribution in [-0.2, 0) is 6.42 Å². The van der Waals surface area contributed by atoms with Gasteiger partial charge in [-0.3, -0.25) is 0 Å². The number of aliphatic hydroxyl groups excluding tert-OH is 1. The lowest BCUT2D eigenvalue weighted by Gasteiger charge is -2.13. The molecule has 1 atom stereocenters. The molecule has 0 amide bonds. The molecule has 0 radical (unpaired) electrons. The van der Waals surface area contributed by atoms with E-state index in [-0.39, 0.29) is 41.8 Å². The van der Waals surface area contributed by atoms with Crippen LogP contribution in [0.25, 0.3) is 11.1 Å². The zero-order valence-electron chi connectivity index (χ0n) is 20.3. The number of benzene rings is 3. The molecule has 0 aliphatic rings. The van der Waals surface area contributed by atoms with Crippen LogP contribution in [0.3, 0.4) is 0 Å². The van der Waals surface area contributed by atoms with Crippen molar-refractivity contribution in [1.29, 1.82) is 0 Å². The van der Waals surface area contributed by atoms with Gasteiger partial charge in [-0.15, -0.1) is 0 Å². The van der Waals surface area contributed by atoms with Crippen molar-refractivity contribution < 1.29 is 20.5 Å². The van der Waals surface area contributed by atoms with E-state index in [1.165, 1.54) is 0 Å². The normalized spacial score (nSPS) is 13.9. The topological polar surface area (TPSA) is 69.6 Å². The number of aromatic carboxylic acids is 1. The van der Waals surface area contributed by atoms with Gasteiger partial charge in [-0.2, -0.15) is 0 Å². The molecule has 0 bridgehead atoms. The van der Waals surface area contributed by atoms with Crippen molar-refractivity contribution in [1.82, 2.24) is 5.32 Å². The van der Waals surface area contributed by atoms with E-state index in [9.17, 15) is 15.0 Å². The number of aryl methyl sites for hydroxylation is 1. The number of aliphatic hydroxyl groups is 1. The Morgan fingerprint density at radius 1 is 1.14 bits per heavy atom. The van der Waals surface area contributed by atoms with Crippen LogP contribution in [0.15, 0.2) is 72.7 Å². The lowest BCUT2D eigenvalue weighted by atomic mass is 9.99. The summed E-state index contributed by atoms with van der Waals surface area (Å²) in [6.07, 6.45) is 0.478. The number of hydrogen-bond donors (Lipinski definition) is 3. The van der Waals surface area contributed by atoms with E-state index < -0.39 is 12.1 Å². The number of carboxylic acid groups (broad SMARTS) is 1. The van der Waals surface area contributed by atoms with E-state index >= 15 is 0 Å². The van der Waals surface area contributed by atoms with Gasteiger partial charge in [0, 0.05) is 6.54 Å². The first-order valence-corrected chi connectivity index (χ1v) is 9.59. The Balaban J connectivity index is 1.56. The molecule has 0 heterocycles. The summed E-state index contributed by atoms with van der Waals surface area (Å²) in [5.74, 6) is -0.957. The Bertz CT molecular complexity index is 1140. The lowest BCUT2D eigenvalue weighted by Crippen LogP contribution is -2.22. The first-order chi connectivity index (χ1) is 15.7. The average Bonchev–Trinajstić information content (AvgIpc) is 2.81. The third kappa shape index (κ3) is 6.01. The van der Waals surface area contributed by atoms with Gasteiger partial charge in [-0.1, -0.05) is 66.1 Å². The molecule has 0 aliphatic carbocycles. The highest BCUT2D eigenvalue weighted by molar-refractivity contribution is 5.89. The molecule has 0 fully saturated rings. The van der Waals surface area contributed by atoms with Gasteiger partial charge >= 0.3 is 5.97 Å². The van der Waals surface area contributed by atoms with Crippen LogP contribution >= 0.6 is 0 Å². The number of carbonyl (C=O) groups is 1. The standard InChI is InChI=1S/C25H27NO3/c1-18-6-2-11-22(14-18)24(27)17-26-13-5-8-19-7-3-9-20(15-19)21-10-4-12-23(16-21)25(28)29/h2-4,6-7,9-12,14-16,24,26-27H,5,8,13,17H2,1H3,(H,28,29)/t24-/m0/s1/i2D,6D,11D,14D. The van der Waals surface area contributed by atoms with Crippen LogP contribution < -0.4 is 5.32 Å². The molecule has 0 saturated heterocycles. The van der Waals surface area contributed by atoms with Crippen molar-refractivity contribution in [2.75, 3.05) is 13.1 Å². The molecule has 0 spiro atoms. The number of hydrogen-bond acceptors (Lipinski definition) is 3. The molecule has 0 aromatic heterocycles. The van der Waals surface area contributed by atoms with E-state index in [1.54, 1.807) is 25.1 Å². The molecule has 3 aromatic carbocycles. The second-order valence-electron chi connectivity index (χ2n) is 6.95. The molecular formula is C25H27NO3. The van der Waals surface area contributed by atoms with E-state index in [0.29, 0.717) is 12.1 Å². The van der Waals surface area contributed by atoms with Gasteiger partial charge in [0.25, 0.3) is 0 Å². The summed E-state index contributed by atoms with van der Waals surface area (Å²) in [6, 6.07) is 14.0. The Morgan fingerprint density at radius 3 is 2.69 bits per heavy atom. The summed E-state index contributed by atoms with van der Waals surface area (Å²) in [6.45, 7) is 2.31. The summed E-state index contributed by atoms with van der Waals surface area (Å²) in [4.78, 5) is 11.2. The Hall–Kier alpha value is -2.95. The minimum absolute atomic E-state index is 0.0564. The SMILES string of the molecule is [2H]c1c([2H])c(C)c([2H])c([C@@H](O)CNCCCc2cccc(-c3cccc(C(=O)O)c3)c2)c1[2H]. The highest BCUT2D eigenvalue weighted by Gasteiger charge is 2.07. The van der Waals surface area contributed by atoms with Crippen LogP contribution in [0.4, 0.5) is 0 Å². The first-order valence-electron chi connectivity index (χ1n) is 11.6. The van der Waals surface area contributed by atoms with Crippen molar-refractivity contribution in [2.45, 2.75) is 25.9 Å². The molecular weight excluding hydrogens is 362 g/mol. The van der Waals surface area contributed by atoms with Crippen LogP contribution in [0.2, 0.25) is 0 Å². The zero-order chi connectivity index (χ0) is 24.1. The maximum atomic E-state index is 11.2. The average molecular weight is 394 g/mol. The van der Waals surface area contributed by atoms with E-state index in [0.717, 1.165) is 29.5 Å². The fourth-order valence-electron chi connectivity index (χ4n) is 3.12. The third-order valence-electron chi connectivity index (χ3n) is 4.63. The third-order valence-corrected chi connectivity index (χ3v) is 4.63. The highest BCUT2D eigenvalue weighted by Crippen LogP contribution is 2.22. The van der Waals surface area contributed by atoms with Crippen LogP contribution in [0, 0.1) is 6.92 Å². The molecule has 0 unspecified atom stereocenters. The molecule has 3 aromatic rings. The summed E-state index contributed by atoms with van der Waals surface area (Å²) in [5.41, 5.74) is 3.52. The zero-order valence-corrected chi connectivity index (χ0v) is 16.3. The molecule has 29 heavy (non-hydrogen) atoms. The van der Waals surface area contributed by atoms with E-state index in [2.05, 4.69) is 5.32 Å². The predicted octanol–water partition coefficient (Wildman–Crippen LogP) is 4.62. The molecule has 0 saturated carbocycles. The van der Waals surface area contributed by atoms with E-state index in [4.69, 9.17) is 5.48 Å². The van der Waals surface area contributed by atoms with Crippen LogP contribution in [-0.4, -0.2) is 29.3 Å². The molecule has 3 rings (SSSR count). The van der Waals surface area contributed by atoms with Gasteiger partial charge in [0.1, 0.15) is 0 Å². The summed E-state index contributed by atoms with van der Waals surface area (Å²) < 4.78 is 31.8.